The van der Waals surface area contributed by atoms with Gasteiger partial charge in [-0.3, -0.25) is 4.57 Å². The molecule has 4 nitrogen and oxygen atoms in total. The molecule has 0 fully saturated rings. The van der Waals surface area contributed by atoms with E-state index in [1.165, 1.54) is 5.56 Å². The Morgan fingerprint density at radius 2 is 1.86 bits per heavy atom. The van der Waals surface area contributed by atoms with Crippen molar-refractivity contribution in [1.29, 1.82) is 0 Å². The summed E-state index contributed by atoms with van der Waals surface area (Å²) in [6, 6.07) is 15.9. The van der Waals surface area contributed by atoms with Gasteiger partial charge >= 0.3 is 0 Å². The molecule has 0 aliphatic heterocycles. The van der Waals surface area contributed by atoms with E-state index in [-0.39, 0.29) is 6.61 Å². The van der Waals surface area contributed by atoms with Crippen LogP contribution in [-0.2, 0) is 6.61 Å². The largest absolute Gasteiger partial charge is 0.388 e. The van der Waals surface area contributed by atoms with Crippen LogP contribution in [0.15, 0.2) is 53.0 Å². The Labute approximate surface area is 131 Å². The van der Waals surface area contributed by atoms with E-state index >= 15 is 0 Å². The van der Waals surface area contributed by atoms with Crippen LogP contribution in [0, 0.1) is 6.92 Å². The molecule has 0 saturated carbocycles. The zero-order chi connectivity index (χ0) is 14.8. The lowest BCUT2D eigenvalue weighted by Crippen LogP contribution is -2.03. The minimum atomic E-state index is -0.161. The van der Waals surface area contributed by atoms with Crippen molar-refractivity contribution in [2.24, 2.45) is 0 Å². The third kappa shape index (κ3) is 2.62. The molecule has 1 heterocycles. The third-order valence-corrected chi connectivity index (χ3v) is 3.91. The fraction of sp³-hybridized carbons (Fsp3) is 0.125. The normalized spacial score (nSPS) is 10.8. The smallest absolute Gasteiger partial charge is 0.169 e. The van der Waals surface area contributed by atoms with E-state index < -0.39 is 0 Å². The summed E-state index contributed by atoms with van der Waals surface area (Å²) in [5, 5.41) is 17.9. The summed E-state index contributed by atoms with van der Waals surface area (Å²) in [7, 11) is 0. The highest BCUT2D eigenvalue weighted by atomic mass is 79.9. The summed E-state index contributed by atoms with van der Waals surface area (Å²) in [5.41, 5.74) is 3.03. The summed E-state index contributed by atoms with van der Waals surface area (Å²) in [6.07, 6.45) is 0. The molecule has 3 rings (SSSR count). The summed E-state index contributed by atoms with van der Waals surface area (Å²) < 4.78 is 2.83. The van der Waals surface area contributed by atoms with Crippen molar-refractivity contribution in [2.75, 3.05) is 0 Å². The van der Waals surface area contributed by atoms with Crippen LogP contribution in [0.4, 0.5) is 0 Å². The molecular weight excluding hydrogens is 330 g/mol. The Kier molecular flexibility index (Phi) is 3.86. The van der Waals surface area contributed by atoms with Gasteiger partial charge in [0.15, 0.2) is 11.6 Å². The third-order valence-electron chi connectivity index (χ3n) is 3.25. The number of nitrogens with zero attached hydrogens (tertiary/aromatic N) is 3. The Bertz CT molecular complexity index is 768. The number of aliphatic hydroxyl groups excluding tert-OH is 1. The Morgan fingerprint density at radius 1 is 1.10 bits per heavy atom. The average molecular weight is 344 g/mol. The number of rotatable bonds is 3. The maximum atomic E-state index is 9.52. The number of hydrogen-bond acceptors (Lipinski definition) is 3. The summed E-state index contributed by atoms with van der Waals surface area (Å²) in [6.45, 7) is 1.88. The van der Waals surface area contributed by atoms with E-state index in [1.54, 1.807) is 0 Å². The second-order valence-corrected chi connectivity index (χ2v) is 5.61. The highest BCUT2D eigenvalue weighted by Crippen LogP contribution is 2.30. The maximum absolute atomic E-state index is 9.52. The molecule has 0 aliphatic rings. The van der Waals surface area contributed by atoms with Crippen LogP contribution in [0.1, 0.15) is 11.4 Å². The van der Waals surface area contributed by atoms with Gasteiger partial charge in [-0.05, 0) is 36.8 Å². The van der Waals surface area contributed by atoms with Gasteiger partial charge in [-0.25, -0.2) is 0 Å². The quantitative estimate of drug-likeness (QED) is 0.791. The van der Waals surface area contributed by atoms with Crippen molar-refractivity contribution < 1.29 is 5.11 Å². The molecule has 0 atom stereocenters. The minimum Gasteiger partial charge on any atom is -0.388 e. The van der Waals surface area contributed by atoms with Crippen LogP contribution in [0.25, 0.3) is 17.1 Å². The first kappa shape index (κ1) is 14.0. The predicted octanol–water partition coefficient (Wildman–Crippen LogP) is 3.50. The molecule has 0 radical (unpaired) electrons. The first-order chi connectivity index (χ1) is 10.2. The fourth-order valence-corrected chi connectivity index (χ4v) is 2.91. The minimum absolute atomic E-state index is 0.161. The molecule has 0 unspecified atom stereocenters. The van der Waals surface area contributed by atoms with Crippen molar-refractivity contribution in [3.63, 3.8) is 0 Å². The number of para-hydroxylation sites is 1. The average Bonchev–Trinajstić information content (AvgIpc) is 2.92. The summed E-state index contributed by atoms with van der Waals surface area (Å²) in [4.78, 5) is 0. The van der Waals surface area contributed by atoms with Crippen LogP contribution in [0.5, 0.6) is 0 Å². The van der Waals surface area contributed by atoms with Gasteiger partial charge in [0.2, 0.25) is 0 Å². The molecule has 0 amide bonds. The lowest BCUT2D eigenvalue weighted by Gasteiger charge is -2.10. The molecule has 0 bridgehead atoms. The number of halogens is 1. The molecule has 1 N–H and O–H groups in total. The summed E-state index contributed by atoms with van der Waals surface area (Å²) >= 11 is 3.58. The van der Waals surface area contributed by atoms with Crippen LogP contribution >= 0.6 is 15.9 Å². The molecule has 0 saturated heterocycles. The van der Waals surface area contributed by atoms with E-state index in [2.05, 4.69) is 26.1 Å². The zero-order valence-electron chi connectivity index (χ0n) is 11.5. The van der Waals surface area contributed by atoms with Crippen molar-refractivity contribution in [3.8, 4) is 17.1 Å². The predicted molar refractivity (Wildman–Crippen MR) is 85.2 cm³/mol. The van der Waals surface area contributed by atoms with Gasteiger partial charge in [-0.15, -0.1) is 10.2 Å². The van der Waals surface area contributed by atoms with E-state index in [4.69, 9.17) is 0 Å². The topological polar surface area (TPSA) is 50.9 Å². The van der Waals surface area contributed by atoms with Crippen molar-refractivity contribution >= 4 is 15.9 Å². The number of benzene rings is 2. The molecule has 21 heavy (non-hydrogen) atoms. The summed E-state index contributed by atoms with van der Waals surface area (Å²) in [5.74, 6) is 1.22. The second-order valence-electron chi connectivity index (χ2n) is 4.75. The molecule has 2 aromatic carbocycles. The van der Waals surface area contributed by atoms with Crippen molar-refractivity contribution in [1.82, 2.24) is 14.8 Å². The standard InChI is InChI=1S/C16H14BrN3O/c1-11-7-8-13(14(17)9-11)16-19-18-15(10-21)20(16)12-5-3-2-4-6-12/h2-9,21H,10H2,1H3. The Hall–Kier alpha value is -1.98. The number of hydrogen-bond donors (Lipinski definition) is 1. The molecule has 106 valence electrons. The molecule has 3 aromatic rings. The molecule has 1 aromatic heterocycles. The van der Waals surface area contributed by atoms with Crippen molar-refractivity contribution in [2.45, 2.75) is 13.5 Å². The number of aryl methyl sites for hydroxylation is 1. The van der Waals surface area contributed by atoms with Crippen molar-refractivity contribution in [3.05, 3.63) is 64.4 Å². The first-order valence-corrected chi connectivity index (χ1v) is 7.37. The van der Waals surface area contributed by atoms with Gasteiger partial charge in [0, 0.05) is 15.7 Å². The maximum Gasteiger partial charge on any atom is 0.169 e. The molecular formula is C16H14BrN3O. The van der Waals surface area contributed by atoms with E-state index in [0.717, 1.165) is 15.7 Å². The lowest BCUT2D eigenvalue weighted by atomic mass is 10.1. The van der Waals surface area contributed by atoms with E-state index in [0.29, 0.717) is 11.6 Å². The zero-order valence-corrected chi connectivity index (χ0v) is 13.1. The van der Waals surface area contributed by atoms with Crippen LogP contribution in [0.3, 0.4) is 0 Å². The fourth-order valence-electron chi connectivity index (χ4n) is 2.24. The van der Waals surface area contributed by atoms with Gasteiger partial charge in [0.1, 0.15) is 6.61 Å². The molecule has 5 heteroatoms. The lowest BCUT2D eigenvalue weighted by molar-refractivity contribution is 0.269. The highest BCUT2D eigenvalue weighted by Gasteiger charge is 2.16. The van der Waals surface area contributed by atoms with Crippen LogP contribution in [-0.4, -0.2) is 19.9 Å². The molecule has 0 aliphatic carbocycles. The molecule has 0 spiro atoms. The van der Waals surface area contributed by atoms with Gasteiger partial charge in [0.05, 0.1) is 0 Å². The van der Waals surface area contributed by atoms with E-state index in [1.807, 2.05) is 60.0 Å². The number of aliphatic hydroxyl groups is 1. The van der Waals surface area contributed by atoms with Gasteiger partial charge in [-0.2, -0.15) is 0 Å². The van der Waals surface area contributed by atoms with Gasteiger partial charge in [-0.1, -0.05) is 40.2 Å². The highest BCUT2D eigenvalue weighted by molar-refractivity contribution is 9.10. The van der Waals surface area contributed by atoms with Crippen LogP contribution < -0.4 is 0 Å². The Morgan fingerprint density at radius 3 is 2.52 bits per heavy atom. The second kappa shape index (κ2) is 5.79. The monoisotopic (exact) mass is 343 g/mol. The first-order valence-electron chi connectivity index (χ1n) is 6.58. The number of aromatic nitrogens is 3. The Balaban J connectivity index is 2.22. The SMILES string of the molecule is Cc1ccc(-c2nnc(CO)n2-c2ccccc2)c(Br)c1. The van der Waals surface area contributed by atoms with E-state index in [9.17, 15) is 5.11 Å². The van der Waals surface area contributed by atoms with Gasteiger partial charge < -0.3 is 5.11 Å². The van der Waals surface area contributed by atoms with Crippen LogP contribution in [0.2, 0.25) is 0 Å². The van der Waals surface area contributed by atoms with Gasteiger partial charge in [0.25, 0.3) is 0 Å².